The summed E-state index contributed by atoms with van der Waals surface area (Å²) >= 11 is 3.35. The van der Waals surface area contributed by atoms with E-state index in [0.29, 0.717) is 11.5 Å². The van der Waals surface area contributed by atoms with Gasteiger partial charge >= 0.3 is 0 Å². The zero-order valence-electron chi connectivity index (χ0n) is 12.4. The predicted octanol–water partition coefficient (Wildman–Crippen LogP) is 2.67. The van der Waals surface area contributed by atoms with Crippen molar-refractivity contribution in [2.45, 2.75) is 12.8 Å². The Hall–Kier alpha value is -2.46. The van der Waals surface area contributed by atoms with Gasteiger partial charge in [-0.1, -0.05) is 6.07 Å². The van der Waals surface area contributed by atoms with Crippen molar-refractivity contribution in [3.05, 3.63) is 52.0 Å². The minimum absolute atomic E-state index is 0.295. The number of fused-ring (bicyclic) bond motifs is 1. The molecule has 0 radical (unpaired) electrons. The van der Waals surface area contributed by atoms with E-state index in [1.54, 1.807) is 12.3 Å². The normalized spacial score (nSPS) is 14.7. The number of aromatic nitrogens is 4. The Morgan fingerprint density at radius 3 is 2.91 bits per heavy atom. The second-order valence-corrected chi connectivity index (χ2v) is 6.65. The van der Waals surface area contributed by atoms with Crippen LogP contribution in [0, 0.1) is 18.3 Å². The first-order valence-corrected chi connectivity index (χ1v) is 8.07. The molecule has 1 aliphatic heterocycles. The van der Waals surface area contributed by atoms with Crippen LogP contribution in [-0.4, -0.2) is 32.7 Å². The molecular formula is C16H13BrN6. The number of hydrogen-bond acceptors (Lipinski definition) is 5. The molecule has 3 aromatic rings. The maximum Gasteiger partial charge on any atom is 0.160 e. The molecule has 1 aliphatic rings. The SMILES string of the molecule is Cc1ccc2nnc(C3CN(c4ncc(Br)cc4C#N)C3)n2c1. The fraction of sp³-hybridized carbons (Fsp3) is 0.250. The van der Waals surface area contributed by atoms with Gasteiger partial charge in [-0.25, -0.2) is 4.98 Å². The molecule has 1 saturated heterocycles. The molecule has 0 N–H and O–H groups in total. The molecule has 0 spiro atoms. The fourth-order valence-electron chi connectivity index (χ4n) is 2.87. The number of pyridine rings is 2. The average Bonchev–Trinajstić information content (AvgIpc) is 2.90. The molecule has 114 valence electrons. The Kier molecular flexibility index (Phi) is 3.27. The van der Waals surface area contributed by atoms with Gasteiger partial charge < -0.3 is 4.90 Å². The van der Waals surface area contributed by atoms with E-state index in [0.717, 1.165) is 34.9 Å². The number of aryl methyl sites for hydroxylation is 1. The molecule has 0 atom stereocenters. The molecular weight excluding hydrogens is 356 g/mol. The summed E-state index contributed by atoms with van der Waals surface area (Å²) in [6.07, 6.45) is 3.78. The molecule has 1 fully saturated rings. The highest BCUT2D eigenvalue weighted by Gasteiger charge is 2.33. The van der Waals surface area contributed by atoms with Crippen LogP contribution in [0.15, 0.2) is 35.1 Å². The first-order chi connectivity index (χ1) is 11.2. The van der Waals surface area contributed by atoms with Gasteiger partial charge in [0, 0.05) is 30.0 Å². The third kappa shape index (κ3) is 2.35. The molecule has 6 nitrogen and oxygen atoms in total. The molecule has 0 unspecified atom stereocenters. The fourth-order valence-corrected chi connectivity index (χ4v) is 3.21. The standard InChI is InChI=1S/C16H13BrN6/c1-10-2-3-14-20-21-16(23(14)7-10)12-8-22(9-12)15-11(5-18)4-13(17)6-19-15/h2-4,6-7,12H,8-9H2,1H3. The van der Waals surface area contributed by atoms with Crippen LogP contribution in [0.25, 0.3) is 5.65 Å². The maximum atomic E-state index is 9.27. The summed E-state index contributed by atoms with van der Waals surface area (Å²) in [7, 11) is 0. The van der Waals surface area contributed by atoms with Gasteiger partial charge in [-0.05, 0) is 40.5 Å². The highest BCUT2D eigenvalue weighted by molar-refractivity contribution is 9.10. The molecule has 3 aromatic heterocycles. The highest BCUT2D eigenvalue weighted by Crippen LogP contribution is 2.32. The van der Waals surface area contributed by atoms with Crippen molar-refractivity contribution in [2.75, 3.05) is 18.0 Å². The van der Waals surface area contributed by atoms with E-state index in [2.05, 4.69) is 59.6 Å². The average molecular weight is 369 g/mol. The van der Waals surface area contributed by atoms with Crippen LogP contribution in [0.5, 0.6) is 0 Å². The van der Waals surface area contributed by atoms with E-state index < -0.39 is 0 Å². The largest absolute Gasteiger partial charge is 0.354 e. The summed E-state index contributed by atoms with van der Waals surface area (Å²) < 4.78 is 2.87. The summed E-state index contributed by atoms with van der Waals surface area (Å²) in [4.78, 5) is 6.48. The number of rotatable bonds is 2. The van der Waals surface area contributed by atoms with Crippen LogP contribution >= 0.6 is 15.9 Å². The van der Waals surface area contributed by atoms with Crippen LogP contribution in [0.3, 0.4) is 0 Å². The van der Waals surface area contributed by atoms with Crippen LogP contribution in [0.2, 0.25) is 0 Å². The van der Waals surface area contributed by atoms with E-state index in [-0.39, 0.29) is 0 Å². The van der Waals surface area contributed by atoms with E-state index in [1.165, 1.54) is 5.56 Å². The minimum atomic E-state index is 0.295. The lowest BCUT2D eigenvalue weighted by Gasteiger charge is -2.39. The lowest BCUT2D eigenvalue weighted by molar-refractivity contribution is 0.492. The molecule has 0 bridgehead atoms. The summed E-state index contributed by atoms with van der Waals surface area (Å²) in [6.45, 7) is 3.64. The van der Waals surface area contributed by atoms with Crippen molar-refractivity contribution < 1.29 is 0 Å². The third-order valence-electron chi connectivity index (χ3n) is 4.08. The van der Waals surface area contributed by atoms with Crippen molar-refractivity contribution in [2.24, 2.45) is 0 Å². The topological polar surface area (TPSA) is 70.1 Å². The van der Waals surface area contributed by atoms with Gasteiger partial charge in [0.15, 0.2) is 5.65 Å². The lowest BCUT2D eigenvalue weighted by atomic mass is 9.98. The Morgan fingerprint density at radius 1 is 1.30 bits per heavy atom. The van der Waals surface area contributed by atoms with E-state index in [4.69, 9.17) is 0 Å². The van der Waals surface area contributed by atoms with Crippen molar-refractivity contribution in [1.82, 2.24) is 19.6 Å². The predicted molar refractivity (Wildman–Crippen MR) is 89.3 cm³/mol. The van der Waals surface area contributed by atoms with Crippen LogP contribution in [0.4, 0.5) is 5.82 Å². The molecule has 0 saturated carbocycles. The van der Waals surface area contributed by atoms with Crippen molar-refractivity contribution in [3.8, 4) is 6.07 Å². The Balaban J connectivity index is 1.60. The number of nitrogens with zero attached hydrogens (tertiary/aromatic N) is 6. The van der Waals surface area contributed by atoms with E-state index >= 15 is 0 Å². The van der Waals surface area contributed by atoms with Gasteiger partial charge in [0.05, 0.1) is 11.5 Å². The Bertz CT molecular complexity index is 935. The van der Waals surface area contributed by atoms with E-state index in [9.17, 15) is 5.26 Å². The lowest BCUT2D eigenvalue weighted by Crippen LogP contribution is -2.46. The van der Waals surface area contributed by atoms with Gasteiger partial charge in [0.1, 0.15) is 17.7 Å². The van der Waals surface area contributed by atoms with Gasteiger partial charge in [0.2, 0.25) is 0 Å². The number of hydrogen-bond donors (Lipinski definition) is 0. The zero-order valence-corrected chi connectivity index (χ0v) is 14.0. The molecule has 0 aromatic carbocycles. The van der Waals surface area contributed by atoms with E-state index in [1.807, 2.05) is 12.1 Å². The van der Waals surface area contributed by atoms with Crippen molar-refractivity contribution >= 4 is 27.4 Å². The van der Waals surface area contributed by atoms with Crippen LogP contribution < -0.4 is 4.90 Å². The zero-order chi connectivity index (χ0) is 16.0. The second-order valence-electron chi connectivity index (χ2n) is 5.73. The number of anilines is 1. The number of nitriles is 1. The van der Waals surface area contributed by atoms with Crippen LogP contribution in [0.1, 0.15) is 22.9 Å². The summed E-state index contributed by atoms with van der Waals surface area (Å²) in [5.41, 5.74) is 2.62. The molecule has 0 amide bonds. The first-order valence-electron chi connectivity index (χ1n) is 7.27. The number of halogens is 1. The molecule has 23 heavy (non-hydrogen) atoms. The third-order valence-corrected chi connectivity index (χ3v) is 4.51. The molecule has 0 aliphatic carbocycles. The van der Waals surface area contributed by atoms with Crippen molar-refractivity contribution in [1.29, 1.82) is 5.26 Å². The van der Waals surface area contributed by atoms with Gasteiger partial charge in [0.25, 0.3) is 0 Å². The molecule has 7 heteroatoms. The summed E-state index contributed by atoms with van der Waals surface area (Å²) in [5, 5.41) is 17.8. The van der Waals surface area contributed by atoms with Gasteiger partial charge in [-0.3, -0.25) is 4.40 Å². The minimum Gasteiger partial charge on any atom is -0.354 e. The van der Waals surface area contributed by atoms with Gasteiger partial charge in [-0.15, -0.1) is 10.2 Å². The highest BCUT2D eigenvalue weighted by atomic mass is 79.9. The Labute approximate surface area is 141 Å². The summed E-state index contributed by atoms with van der Waals surface area (Å²) in [6, 6.07) is 8.01. The smallest absolute Gasteiger partial charge is 0.160 e. The summed E-state index contributed by atoms with van der Waals surface area (Å²) in [5.74, 6) is 2.00. The Morgan fingerprint density at radius 2 is 2.13 bits per heavy atom. The quantitative estimate of drug-likeness (QED) is 0.695. The molecule has 4 rings (SSSR count). The van der Waals surface area contributed by atoms with Crippen molar-refractivity contribution in [3.63, 3.8) is 0 Å². The van der Waals surface area contributed by atoms with Gasteiger partial charge in [-0.2, -0.15) is 5.26 Å². The van der Waals surface area contributed by atoms with Crippen LogP contribution in [-0.2, 0) is 0 Å². The monoisotopic (exact) mass is 368 g/mol. The molecule has 4 heterocycles. The second kappa shape index (κ2) is 5.32. The first kappa shape index (κ1) is 14.2. The maximum absolute atomic E-state index is 9.27.